The van der Waals surface area contributed by atoms with Crippen LogP contribution in [-0.4, -0.2) is 55.9 Å². The predicted octanol–water partition coefficient (Wildman–Crippen LogP) is 4.25. The lowest BCUT2D eigenvalue weighted by atomic mass is 9.85. The van der Waals surface area contributed by atoms with Crippen LogP contribution in [0.4, 0.5) is 13.6 Å². The Morgan fingerprint density at radius 2 is 1.38 bits per heavy atom. The maximum atomic E-state index is 15.1. The molecule has 0 aliphatic heterocycles. The summed E-state index contributed by atoms with van der Waals surface area (Å²) in [5.74, 6) is -8.69. The normalized spacial score (nSPS) is 13.5. The zero-order valence-electron chi connectivity index (χ0n) is 23.8. The fourth-order valence-corrected chi connectivity index (χ4v) is 4.35. The SMILES string of the molecule is CC(C)(C)[C@H](NC(=O)OCc1ccccc1)C(=O)NC(Cc1ccccc1)C(=O)C(F)(F)C(=O)NC[Si](C)(C)C. The van der Waals surface area contributed by atoms with E-state index in [2.05, 4.69) is 16.0 Å². The predicted molar refractivity (Wildman–Crippen MR) is 151 cm³/mol. The molecule has 0 saturated carbocycles. The molecule has 0 spiro atoms. The number of hydrogen-bond acceptors (Lipinski definition) is 5. The van der Waals surface area contributed by atoms with Crippen molar-refractivity contribution < 1.29 is 32.7 Å². The molecule has 0 aliphatic carbocycles. The van der Waals surface area contributed by atoms with Crippen molar-refractivity contribution in [1.29, 1.82) is 0 Å². The van der Waals surface area contributed by atoms with Gasteiger partial charge in [-0.1, -0.05) is 101 Å². The monoisotopic (exact) mass is 575 g/mol. The van der Waals surface area contributed by atoms with E-state index in [1.54, 1.807) is 75.4 Å². The first-order chi connectivity index (χ1) is 18.5. The molecule has 2 rings (SSSR count). The topological polar surface area (TPSA) is 114 Å². The number of Topliss-reactive ketones (excluding diaryl/α,β-unsaturated/α-hetero) is 1. The number of ketones is 1. The van der Waals surface area contributed by atoms with E-state index in [1.165, 1.54) is 0 Å². The highest BCUT2D eigenvalue weighted by atomic mass is 28.3. The Hall–Kier alpha value is -3.60. The minimum atomic E-state index is -4.38. The zero-order chi connectivity index (χ0) is 30.1. The second kappa shape index (κ2) is 13.6. The summed E-state index contributed by atoms with van der Waals surface area (Å²) in [5.41, 5.74) is 0.354. The van der Waals surface area contributed by atoms with Crippen molar-refractivity contribution in [2.45, 2.75) is 71.4 Å². The molecule has 1 unspecified atom stereocenters. The van der Waals surface area contributed by atoms with Crippen molar-refractivity contribution in [2.24, 2.45) is 5.41 Å². The van der Waals surface area contributed by atoms with Gasteiger partial charge in [-0.2, -0.15) is 8.78 Å². The number of alkyl carbamates (subject to hydrolysis) is 1. The molecule has 2 aromatic rings. The molecular formula is C29H39F2N3O5Si. The Kier molecular flexibility index (Phi) is 11.1. The number of rotatable bonds is 12. The molecule has 3 amide bonds. The molecule has 0 fully saturated rings. The van der Waals surface area contributed by atoms with Gasteiger partial charge < -0.3 is 20.7 Å². The van der Waals surface area contributed by atoms with Gasteiger partial charge in [0, 0.05) is 12.6 Å². The molecule has 8 nitrogen and oxygen atoms in total. The van der Waals surface area contributed by atoms with Crippen molar-refractivity contribution in [3.63, 3.8) is 0 Å². The van der Waals surface area contributed by atoms with Gasteiger partial charge in [0.05, 0.1) is 14.1 Å². The van der Waals surface area contributed by atoms with Crippen molar-refractivity contribution >= 4 is 31.8 Å². The van der Waals surface area contributed by atoms with E-state index >= 15 is 8.78 Å². The fraction of sp³-hybridized carbons (Fsp3) is 0.448. The van der Waals surface area contributed by atoms with Gasteiger partial charge in [-0.05, 0) is 16.5 Å². The summed E-state index contributed by atoms with van der Waals surface area (Å²) >= 11 is 0. The Bertz CT molecular complexity index is 1170. The van der Waals surface area contributed by atoms with Gasteiger partial charge in [0.25, 0.3) is 5.91 Å². The number of alkyl halides is 2. The van der Waals surface area contributed by atoms with Crippen LogP contribution in [0.1, 0.15) is 31.9 Å². The number of hydrogen-bond donors (Lipinski definition) is 3. The third-order valence-corrected chi connectivity index (χ3v) is 7.13. The number of benzene rings is 2. The first-order valence-corrected chi connectivity index (χ1v) is 16.7. The molecule has 0 aromatic heterocycles. The Morgan fingerprint density at radius 1 is 0.850 bits per heavy atom. The van der Waals surface area contributed by atoms with Crippen LogP contribution in [0.25, 0.3) is 0 Å². The summed E-state index contributed by atoms with van der Waals surface area (Å²) in [7, 11) is -1.93. The number of amides is 3. The standard InChI is InChI=1S/C29H39F2N3O5Si/c1-28(2,3)23(34-27(38)39-18-21-15-11-8-12-16-21)25(36)33-22(17-20-13-9-7-10-14-20)24(35)29(30,31)26(37)32-19-40(4,5)6/h7-16,22-23H,17-19H2,1-6H3,(H,32,37)(H,33,36)(H,34,38)/t22?,23-/m1/s1. The molecule has 11 heteroatoms. The summed E-state index contributed by atoms with van der Waals surface area (Å²) in [5, 5.41) is 7.04. The van der Waals surface area contributed by atoms with Gasteiger partial charge in [0.2, 0.25) is 11.7 Å². The smallest absolute Gasteiger partial charge is 0.408 e. The zero-order valence-corrected chi connectivity index (χ0v) is 24.8. The van der Waals surface area contributed by atoms with Crippen LogP contribution in [-0.2, 0) is 32.1 Å². The highest BCUT2D eigenvalue weighted by Crippen LogP contribution is 2.23. The molecule has 2 atom stereocenters. The minimum Gasteiger partial charge on any atom is -0.445 e. The van der Waals surface area contributed by atoms with E-state index in [0.717, 1.165) is 5.56 Å². The average molecular weight is 576 g/mol. The minimum absolute atomic E-state index is 0.0426. The second-order valence-electron chi connectivity index (χ2n) is 11.9. The molecular weight excluding hydrogens is 536 g/mol. The number of carbonyl (C=O) groups is 4. The Labute approximate surface area is 235 Å². The molecule has 0 heterocycles. The summed E-state index contributed by atoms with van der Waals surface area (Å²) in [6, 6.07) is 14.2. The number of nitrogens with one attached hydrogen (secondary N) is 3. The molecule has 40 heavy (non-hydrogen) atoms. The van der Waals surface area contributed by atoms with E-state index in [9.17, 15) is 19.2 Å². The lowest BCUT2D eigenvalue weighted by molar-refractivity contribution is -0.160. The van der Waals surface area contributed by atoms with Crippen LogP contribution in [0, 0.1) is 5.41 Å². The van der Waals surface area contributed by atoms with Gasteiger partial charge in [-0.15, -0.1) is 0 Å². The van der Waals surface area contributed by atoms with E-state index < -0.39 is 55.2 Å². The summed E-state index contributed by atoms with van der Waals surface area (Å²) < 4.78 is 35.4. The number of carbonyl (C=O) groups excluding carboxylic acids is 4. The van der Waals surface area contributed by atoms with Gasteiger partial charge in [-0.3, -0.25) is 14.4 Å². The van der Waals surface area contributed by atoms with Crippen molar-refractivity contribution in [2.75, 3.05) is 6.17 Å². The molecule has 3 N–H and O–H groups in total. The fourth-order valence-electron chi connectivity index (χ4n) is 3.66. The highest BCUT2D eigenvalue weighted by Gasteiger charge is 2.51. The first kappa shape index (κ1) is 32.6. The lowest BCUT2D eigenvalue weighted by Gasteiger charge is -2.32. The third kappa shape index (κ3) is 10.2. The van der Waals surface area contributed by atoms with Crippen LogP contribution in [0.5, 0.6) is 0 Å². The molecule has 0 bridgehead atoms. The molecule has 0 radical (unpaired) electrons. The average Bonchev–Trinajstić information content (AvgIpc) is 2.88. The van der Waals surface area contributed by atoms with E-state index in [4.69, 9.17) is 4.74 Å². The van der Waals surface area contributed by atoms with Gasteiger partial charge in [-0.25, -0.2) is 4.79 Å². The number of halogens is 2. The molecule has 2 aromatic carbocycles. The van der Waals surface area contributed by atoms with Crippen molar-refractivity contribution in [3.8, 4) is 0 Å². The first-order valence-electron chi connectivity index (χ1n) is 13.0. The van der Waals surface area contributed by atoms with Crippen molar-refractivity contribution in [1.82, 2.24) is 16.0 Å². The largest absolute Gasteiger partial charge is 0.445 e. The molecule has 0 aliphatic rings. The molecule has 0 saturated heterocycles. The van der Waals surface area contributed by atoms with E-state index in [-0.39, 0.29) is 19.2 Å². The quantitative estimate of drug-likeness (QED) is 0.259. The Morgan fingerprint density at radius 3 is 1.88 bits per heavy atom. The summed E-state index contributed by atoms with van der Waals surface area (Å²) in [6.45, 7) is 10.6. The van der Waals surface area contributed by atoms with Crippen molar-refractivity contribution in [3.05, 3.63) is 71.8 Å². The second-order valence-corrected chi connectivity index (χ2v) is 17.4. The lowest BCUT2D eigenvalue weighted by Crippen LogP contribution is -2.60. The highest BCUT2D eigenvalue weighted by molar-refractivity contribution is 6.76. The van der Waals surface area contributed by atoms with Gasteiger partial charge >= 0.3 is 12.0 Å². The van der Waals surface area contributed by atoms with E-state index in [1.807, 2.05) is 25.7 Å². The van der Waals surface area contributed by atoms with Crippen LogP contribution < -0.4 is 16.0 Å². The maximum absolute atomic E-state index is 15.1. The van der Waals surface area contributed by atoms with E-state index in [0.29, 0.717) is 5.56 Å². The number of ether oxygens (including phenoxy) is 1. The Balaban J connectivity index is 2.24. The maximum Gasteiger partial charge on any atom is 0.408 e. The third-order valence-electron chi connectivity index (χ3n) is 5.89. The van der Waals surface area contributed by atoms with Crippen LogP contribution >= 0.6 is 0 Å². The van der Waals surface area contributed by atoms with Crippen LogP contribution in [0.15, 0.2) is 60.7 Å². The molecule has 218 valence electrons. The van der Waals surface area contributed by atoms with Crippen LogP contribution in [0.3, 0.4) is 0 Å². The van der Waals surface area contributed by atoms with Gasteiger partial charge in [0.1, 0.15) is 12.6 Å². The summed E-state index contributed by atoms with van der Waals surface area (Å²) in [6.07, 6.45) is -1.11. The van der Waals surface area contributed by atoms with Crippen LogP contribution in [0.2, 0.25) is 19.6 Å². The summed E-state index contributed by atoms with van der Waals surface area (Å²) in [4.78, 5) is 51.4. The van der Waals surface area contributed by atoms with Gasteiger partial charge in [0.15, 0.2) is 0 Å².